The van der Waals surface area contributed by atoms with Gasteiger partial charge in [0.2, 0.25) is 0 Å². The van der Waals surface area contributed by atoms with Crippen LogP contribution in [0.5, 0.6) is 5.75 Å². The van der Waals surface area contributed by atoms with Crippen molar-refractivity contribution in [2.24, 2.45) is 0 Å². The molecule has 0 fully saturated rings. The Morgan fingerprint density at radius 3 is 2.51 bits per heavy atom. The van der Waals surface area contributed by atoms with E-state index in [0.29, 0.717) is 38.4 Å². The van der Waals surface area contributed by atoms with Crippen molar-refractivity contribution in [1.29, 1.82) is 15.8 Å². The SMILES string of the molecule is N#Cc1cccc(Nc2nc(CSc3nc(N)c(C#N)c(-c4ccc(OCCO)cc4)c3C#N)cs2)c1. The number of aromatic nitrogens is 2. The van der Waals surface area contributed by atoms with Crippen LogP contribution in [0, 0.1) is 34.0 Å². The van der Waals surface area contributed by atoms with E-state index >= 15 is 0 Å². The molecular weight excluding hydrogens is 506 g/mol. The number of rotatable bonds is 9. The van der Waals surface area contributed by atoms with Gasteiger partial charge in [-0.05, 0) is 35.9 Å². The van der Waals surface area contributed by atoms with E-state index in [1.165, 1.54) is 23.1 Å². The minimum absolute atomic E-state index is 0.0395. The molecule has 0 saturated heterocycles. The fourth-order valence-electron chi connectivity index (χ4n) is 3.44. The van der Waals surface area contributed by atoms with Crippen LogP contribution in [0.2, 0.25) is 0 Å². The molecule has 0 amide bonds. The van der Waals surface area contributed by atoms with Crippen LogP contribution in [-0.4, -0.2) is 28.3 Å². The van der Waals surface area contributed by atoms with Crippen LogP contribution >= 0.6 is 23.1 Å². The predicted octanol–water partition coefficient (Wildman–Crippen LogP) is 4.81. The Morgan fingerprint density at radius 1 is 1.03 bits per heavy atom. The molecule has 4 N–H and O–H groups in total. The molecule has 2 aromatic heterocycles. The molecule has 0 bridgehead atoms. The Kier molecular flexibility index (Phi) is 8.19. The molecule has 0 unspecified atom stereocenters. The normalized spacial score (nSPS) is 10.2. The number of pyridine rings is 1. The molecule has 0 atom stereocenters. The van der Waals surface area contributed by atoms with Crippen molar-refractivity contribution < 1.29 is 9.84 Å². The molecule has 0 spiro atoms. The molecule has 2 aromatic carbocycles. The number of nitriles is 3. The summed E-state index contributed by atoms with van der Waals surface area (Å²) < 4.78 is 5.40. The number of aliphatic hydroxyl groups is 1. The maximum atomic E-state index is 10.00. The van der Waals surface area contributed by atoms with Crippen molar-refractivity contribution in [3.05, 3.63) is 76.3 Å². The van der Waals surface area contributed by atoms with Gasteiger partial charge in [-0.1, -0.05) is 30.0 Å². The number of nitrogens with one attached hydrogen (secondary N) is 1. The van der Waals surface area contributed by atoms with Crippen LogP contribution in [0.25, 0.3) is 11.1 Å². The zero-order valence-electron chi connectivity index (χ0n) is 19.3. The molecule has 9 nitrogen and oxygen atoms in total. The number of anilines is 3. The van der Waals surface area contributed by atoms with Crippen LogP contribution in [0.4, 0.5) is 16.6 Å². The summed E-state index contributed by atoms with van der Waals surface area (Å²) in [5.41, 5.74) is 9.62. The van der Waals surface area contributed by atoms with E-state index in [1.54, 1.807) is 42.5 Å². The summed E-state index contributed by atoms with van der Waals surface area (Å²) in [5.74, 6) is 1.02. The first-order valence-electron chi connectivity index (χ1n) is 10.9. The molecule has 4 rings (SSSR count). The average molecular weight is 526 g/mol. The lowest BCUT2D eigenvalue weighted by atomic mass is 9.97. The van der Waals surface area contributed by atoms with Gasteiger partial charge in [0.1, 0.15) is 40.9 Å². The highest BCUT2D eigenvalue weighted by Crippen LogP contribution is 2.37. The molecule has 182 valence electrons. The van der Waals surface area contributed by atoms with Gasteiger partial charge in [-0.2, -0.15) is 15.8 Å². The number of hydrogen-bond donors (Lipinski definition) is 3. The predicted molar refractivity (Wildman–Crippen MR) is 142 cm³/mol. The molecule has 0 radical (unpaired) electrons. The van der Waals surface area contributed by atoms with Crippen LogP contribution in [0.3, 0.4) is 0 Å². The number of nitrogen functional groups attached to an aromatic ring is 1. The second-order valence-electron chi connectivity index (χ2n) is 7.50. The summed E-state index contributed by atoms with van der Waals surface area (Å²) in [6, 6.07) is 20.4. The van der Waals surface area contributed by atoms with E-state index < -0.39 is 0 Å². The van der Waals surface area contributed by atoms with Gasteiger partial charge in [-0.15, -0.1) is 11.3 Å². The fraction of sp³-hybridized carbons (Fsp3) is 0.115. The van der Waals surface area contributed by atoms with Crippen molar-refractivity contribution in [2.75, 3.05) is 24.3 Å². The van der Waals surface area contributed by atoms with Gasteiger partial charge < -0.3 is 20.9 Å². The van der Waals surface area contributed by atoms with E-state index in [0.717, 1.165) is 11.4 Å². The third-order valence-corrected chi connectivity index (χ3v) is 6.89. The summed E-state index contributed by atoms with van der Waals surface area (Å²) in [5, 5.41) is 43.9. The summed E-state index contributed by atoms with van der Waals surface area (Å²) in [6.07, 6.45) is 0. The molecule has 0 saturated carbocycles. The van der Waals surface area contributed by atoms with E-state index in [9.17, 15) is 10.5 Å². The first-order valence-corrected chi connectivity index (χ1v) is 12.7. The first-order chi connectivity index (χ1) is 18.1. The number of benzene rings is 2. The van der Waals surface area contributed by atoms with Crippen LogP contribution < -0.4 is 15.8 Å². The van der Waals surface area contributed by atoms with E-state index in [1.807, 2.05) is 11.4 Å². The maximum Gasteiger partial charge on any atom is 0.187 e. The van der Waals surface area contributed by atoms with Crippen molar-refractivity contribution >= 4 is 39.7 Å². The molecule has 37 heavy (non-hydrogen) atoms. The highest BCUT2D eigenvalue weighted by molar-refractivity contribution is 7.98. The monoisotopic (exact) mass is 525 g/mol. The zero-order chi connectivity index (χ0) is 26.2. The second-order valence-corrected chi connectivity index (χ2v) is 9.32. The number of thiazole rings is 1. The molecule has 0 aliphatic rings. The quantitative estimate of drug-likeness (QED) is 0.258. The van der Waals surface area contributed by atoms with Crippen LogP contribution in [-0.2, 0) is 5.75 Å². The number of nitrogens with two attached hydrogens (primary N) is 1. The smallest absolute Gasteiger partial charge is 0.187 e. The van der Waals surface area contributed by atoms with Crippen molar-refractivity contribution in [1.82, 2.24) is 9.97 Å². The van der Waals surface area contributed by atoms with E-state index in [-0.39, 0.29) is 30.2 Å². The van der Waals surface area contributed by atoms with Crippen LogP contribution in [0.1, 0.15) is 22.4 Å². The lowest BCUT2D eigenvalue weighted by molar-refractivity contribution is 0.201. The Balaban J connectivity index is 1.57. The molecule has 2 heterocycles. The van der Waals surface area contributed by atoms with Crippen molar-refractivity contribution in [2.45, 2.75) is 10.8 Å². The summed E-state index contributed by atoms with van der Waals surface area (Å²) in [4.78, 5) is 8.92. The average Bonchev–Trinajstić information content (AvgIpc) is 3.37. The molecule has 0 aliphatic heterocycles. The van der Waals surface area contributed by atoms with Gasteiger partial charge in [0.15, 0.2) is 5.13 Å². The number of hydrogen-bond acceptors (Lipinski definition) is 11. The molecule has 11 heteroatoms. The summed E-state index contributed by atoms with van der Waals surface area (Å²) >= 11 is 2.72. The van der Waals surface area contributed by atoms with Crippen molar-refractivity contribution in [3.8, 4) is 35.1 Å². The third-order valence-electron chi connectivity index (χ3n) is 5.07. The molecular formula is C26H19N7O2S2. The standard InChI is InChI=1S/C26H19N7O2S2/c27-11-16-2-1-3-18(10-16)31-26-32-19(15-37-26)14-36-25-22(13-29)23(21(12-28)24(30)33-25)17-4-6-20(7-5-17)35-9-8-34/h1-7,10,15,34H,8-9,14H2,(H2,30,33)(H,31,32). The fourth-order valence-corrected chi connectivity index (χ4v) is 5.16. The molecule has 4 aromatic rings. The Labute approximate surface area is 221 Å². The maximum absolute atomic E-state index is 10.00. The highest BCUT2D eigenvalue weighted by atomic mass is 32.2. The van der Waals surface area contributed by atoms with E-state index in [4.69, 9.17) is 20.8 Å². The molecule has 0 aliphatic carbocycles. The van der Waals surface area contributed by atoms with Gasteiger partial charge in [0, 0.05) is 22.4 Å². The largest absolute Gasteiger partial charge is 0.491 e. The highest BCUT2D eigenvalue weighted by Gasteiger charge is 2.21. The topological polar surface area (TPSA) is 165 Å². The van der Waals surface area contributed by atoms with Crippen LogP contribution in [0.15, 0.2) is 58.9 Å². The van der Waals surface area contributed by atoms with Gasteiger partial charge in [-0.3, -0.25) is 0 Å². The second kappa shape index (κ2) is 11.9. The first kappa shape index (κ1) is 25.5. The van der Waals surface area contributed by atoms with E-state index in [2.05, 4.69) is 33.5 Å². The minimum Gasteiger partial charge on any atom is -0.491 e. The number of ether oxygens (including phenoxy) is 1. The summed E-state index contributed by atoms with van der Waals surface area (Å²) in [6.45, 7) is 0.0562. The lowest BCUT2D eigenvalue weighted by Gasteiger charge is -2.13. The minimum atomic E-state index is -0.106. The lowest BCUT2D eigenvalue weighted by Crippen LogP contribution is -2.04. The Hall–Kier alpha value is -4.60. The third kappa shape index (κ3) is 5.97. The van der Waals surface area contributed by atoms with Gasteiger partial charge in [-0.25, -0.2) is 9.97 Å². The Morgan fingerprint density at radius 2 is 1.81 bits per heavy atom. The number of nitrogens with zero attached hydrogens (tertiary/aromatic N) is 5. The number of thioether (sulfide) groups is 1. The van der Waals surface area contributed by atoms with Gasteiger partial charge >= 0.3 is 0 Å². The van der Waals surface area contributed by atoms with Crippen molar-refractivity contribution in [3.63, 3.8) is 0 Å². The zero-order valence-corrected chi connectivity index (χ0v) is 20.9. The Bertz CT molecular complexity index is 1550. The summed E-state index contributed by atoms with van der Waals surface area (Å²) in [7, 11) is 0. The van der Waals surface area contributed by atoms with Gasteiger partial charge in [0.05, 0.1) is 29.5 Å². The van der Waals surface area contributed by atoms with Gasteiger partial charge in [0.25, 0.3) is 0 Å². The number of aliphatic hydroxyl groups excluding tert-OH is 1.